The summed E-state index contributed by atoms with van der Waals surface area (Å²) in [5.41, 5.74) is 2.57. The van der Waals surface area contributed by atoms with Crippen LogP contribution in [-0.2, 0) is 6.42 Å². The van der Waals surface area contributed by atoms with Gasteiger partial charge < -0.3 is 14.5 Å². The minimum absolute atomic E-state index is 0.0870. The predicted molar refractivity (Wildman–Crippen MR) is 115 cm³/mol. The first-order chi connectivity index (χ1) is 14.1. The summed E-state index contributed by atoms with van der Waals surface area (Å²) >= 11 is 0. The Kier molecular flexibility index (Phi) is 7.64. The lowest BCUT2D eigenvalue weighted by Gasteiger charge is -2.30. The highest BCUT2D eigenvalue weighted by molar-refractivity contribution is 6.06. The van der Waals surface area contributed by atoms with Gasteiger partial charge in [0.25, 0.3) is 5.91 Å². The van der Waals surface area contributed by atoms with Crippen molar-refractivity contribution in [2.45, 2.75) is 39.5 Å². The third-order valence-electron chi connectivity index (χ3n) is 5.54. The van der Waals surface area contributed by atoms with Crippen molar-refractivity contribution in [1.29, 1.82) is 0 Å². The Morgan fingerprint density at radius 2 is 1.86 bits per heavy atom. The lowest BCUT2D eigenvalue weighted by Crippen LogP contribution is -2.35. The molecule has 5 heteroatoms. The Bertz CT molecular complexity index is 803. The van der Waals surface area contributed by atoms with Crippen molar-refractivity contribution in [3.63, 3.8) is 0 Å². The maximum absolute atomic E-state index is 13.2. The van der Waals surface area contributed by atoms with Gasteiger partial charge in [0.15, 0.2) is 0 Å². The molecule has 0 saturated heterocycles. The molecule has 3 rings (SSSR count). The summed E-state index contributed by atoms with van der Waals surface area (Å²) in [5, 5.41) is 0. The fraction of sp³-hybridized carbons (Fsp3) is 0.458. The fourth-order valence-electron chi connectivity index (χ4n) is 3.79. The minimum Gasteiger partial charge on any atom is -0.494 e. The first kappa shape index (κ1) is 21.3. The van der Waals surface area contributed by atoms with E-state index in [2.05, 4.69) is 24.8 Å². The number of fused-ring (bicyclic) bond motifs is 1. The van der Waals surface area contributed by atoms with E-state index in [1.54, 1.807) is 17.0 Å². The minimum atomic E-state index is -0.334. The number of carbonyl (C=O) groups is 1. The Balaban J connectivity index is 1.59. The SMILES string of the molecule is CCN(CC)CCCCOc1ccc2c(c1)CCCN2C(=O)c1ccc(F)cc1. The van der Waals surface area contributed by atoms with Crippen LogP contribution in [0.1, 0.15) is 49.0 Å². The van der Waals surface area contributed by atoms with Crippen LogP contribution in [0, 0.1) is 5.82 Å². The largest absolute Gasteiger partial charge is 0.494 e. The van der Waals surface area contributed by atoms with Crippen molar-refractivity contribution in [3.05, 3.63) is 59.4 Å². The number of hydrogen-bond donors (Lipinski definition) is 0. The van der Waals surface area contributed by atoms with E-state index in [0.717, 1.165) is 62.3 Å². The summed E-state index contributed by atoms with van der Waals surface area (Å²) < 4.78 is 19.1. The van der Waals surface area contributed by atoms with Crippen LogP contribution < -0.4 is 9.64 Å². The van der Waals surface area contributed by atoms with E-state index in [9.17, 15) is 9.18 Å². The number of rotatable bonds is 9. The topological polar surface area (TPSA) is 32.8 Å². The zero-order valence-electron chi connectivity index (χ0n) is 17.5. The van der Waals surface area contributed by atoms with E-state index in [1.165, 1.54) is 12.1 Å². The van der Waals surface area contributed by atoms with E-state index in [4.69, 9.17) is 4.74 Å². The van der Waals surface area contributed by atoms with Crippen molar-refractivity contribution < 1.29 is 13.9 Å². The molecule has 0 unspecified atom stereocenters. The van der Waals surface area contributed by atoms with Crippen LogP contribution in [0.2, 0.25) is 0 Å². The third-order valence-corrected chi connectivity index (χ3v) is 5.54. The van der Waals surface area contributed by atoms with Gasteiger partial charge in [0, 0.05) is 17.8 Å². The second kappa shape index (κ2) is 10.4. The average Bonchev–Trinajstić information content (AvgIpc) is 2.75. The molecule has 1 aliphatic heterocycles. The van der Waals surface area contributed by atoms with Gasteiger partial charge in [-0.25, -0.2) is 4.39 Å². The Labute approximate surface area is 173 Å². The molecule has 156 valence electrons. The predicted octanol–water partition coefficient (Wildman–Crippen LogP) is 4.92. The number of amides is 1. The van der Waals surface area contributed by atoms with Crippen molar-refractivity contribution in [1.82, 2.24) is 4.90 Å². The second-order valence-corrected chi connectivity index (χ2v) is 7.44. The summed E-state index contributed by atoms with van der Waals surface area (Å²) in [6, 6.07) is 11.7. The summed E-state index contributed by atoms with van der Waals surface area (Å²) in [4.78, 5) is 17.1. The monoisotopic (exact) mass is 398 g/mol. The second-order valence-electron chi connectivity index (χ2n) is 7.44. The van der Waals surface area contributed by atoms with Crippen molar-refractivity contribution in [2.24, 2.45) is 0 Å². The number of nitrogens with zero attached hydrogens (tertiary/aromatic N) is 2. The smallest absolute Gasteiger partial charge is 0.258 e. The average molecular weight is 399 g/mol. The molecule has 0 spiro atoms. The van der Waals surface area contributed by atoms with Crippen LogP contribution in [0.4, 0.5) is 10.1 Å². The van der Waals surface area contributed by atoms with Crippen molar-refractivity contribution >= 4 is 11.6 Å². The van der Waals surface area contributed by atoms with Gasteiger partial charge >= 0.3 is 0 Å². The number of halogens is 1. The van der Waals surface area contributed by atoms with Gasteiger partial charge in [0.1, 0.15) is 11.6 Å². The first-order valence-corrected chi connectivity index (χ1v) is 10.7. The summed E-state index contributed by atoms with van der Waals surface area (Å²) in [6.45, 7) is 9.06. The third kappa shape index (κ3) is 5.57. The summed E-state index contributed by atoms with van der Waals surface area (Å²) in [7, 11) is 0. The van der Waals surface area contributed by atoms with E-state index >= 15 is 0 Å². The van der Waals surface area contributed by atoms with Gasteiger partial charge in [0.2, 0.25) is 0 Å². The highest BCUT2D eigenvalue weighted by Gasteiger charge is 2.24. The molecule has 2 aromatic rings. The van der Waals surface area contributed by atoms with Gasteiger partial charge in [-0.1, -0.05) is 13.8 Å². The van der Waals surface area contributed by atoms with Gasteiger partial charge in [-0.3, -0.25) is 4.79 Å². The number of anilines is 1. The van der Waals surface area contributed by atoms with E-state index in [0.29, 0.717) is 18.7 Å². The molecule has 0 saturated carbocycles. The van der Waals surface area contributed by atoms with E-state index in [1.807, 2.05) is 12.1 Å². The first-order valence-electron chi connectivity index (χ1n) is 10.7. The molecule has 0 atom stereocenters. The lowest BCUT2D eigenvalue weighted by molar-refractivity contribution is 0.0985. The van der Waals surface area contributed by atoms with Crippen LogP contribution >= 0.6 is 0 Å². The molecule has 0 fully saturated rings. The number of aryl methyl sites for hydroxylation is 1. The molecule has 0 radical (unpaired) electrons. The van der Waals surface area contributed by atoms with Gasteiger partial charge in [-0.15, -0.1) is 0 Å². The summed E-state index contributed by atoms with van der Waals surface area (Å²) in [6.07, 6.45) is 4.00. The molecular weight excluding hydrogens is 367 g/mol. The van der Waals surface area contributed by atoms with Crippen LogP contribution in [0.15, 0.2) is 42.5 Å². The van der Waals surface area contributed by atoms with Gasteiger partial charge in [-0.05, 0) is 93.3 Å². The molecule has 1 amide bonds. The molecule has 1 aliphatic rings. The van der Waals surface area contributed by atoms with Crippen LogP contribution in [0.5, 0.6) is 5.75 Å². The Morgan fingerprint density at radius 1 is 1.10 bits per heavy atom. The zero-order chi connectivity index (χ0) is 20.6. The standard InChI is InChI=1S/C24H31FN2O2/c1-3-26(4-2)15-5-6-17-29-22-13-14-23-20(18-22)8-7-16-27(23)24(28)19-9-11-21(25)12-10-19/h9-14,18H,3-8,15-17H2,1-2H3. The molecule has 2 aromatic carbocycles. The Hall–Kier alpha value is -2.40. The molecule has 0 aliphatic carbocycles. The quantitative estimate of drug-likeness (QED) is 0.562. The van der Waals surface area contributed by atoms with Crippen LogP contribution in [-0.4, -0.2) is 43.6 Å². The lowest BCUT2D eigenvalue weighted by atomic mass is 10.0. The molecule has 29 heavy (non-hydrogen) atoms. The van der Waals surface area contributed by atoms with Crippen LogP contribution in [0.3, 0.4) is 0 Å². The highest BCUT2D eigenvalue weighted by Crippen LogP contribution is 2.31. The number of benzene rings is 2. The molecule has 0 N–H and O–H groups in total. The molecule has 0 aromatic heterocycles. The zero-order valence-corrected chi connectivity index (χ0v) is 17.5. The number of carbonyl (C=O) groups excluding carboxylic acids is 1. The molecule has 0 bridgehead atoms. The van der Waals surface area contributed by atoms with E-state index in [-0.39, 0.29) is 11.7 Å². The van der Waals surface area contributed by atoms with Crippen LogP contribution in [0.25, 0.3) is 0 Å². The number of unbranched alkanes of at least 4 members (excludes halogenated alkanes) is 1. The van der Waals surface area contributed by atoms with Crippen molar-refractivity contribution in [3.8, 4) is 5.75 Å². The highest BCUT2D eigenvalue weighted by atomic mass is 19.1. The maximum Gasteiger partial charge on any atom is 0.258 e. The van der Waals surface area contributed by atoms with E-state index < -0.39 is 0 Å². The molecule has 4 nitrogen and oxygen atoms in total. The van der Waals surface area contributed by atoms with Gasteiger partial charge in [0.05, 0.1) is 6.61 Å². The normalized spacial score (nSPS) is 13.4. The Morgan fingerprint density at radius 3 is 2.59 bits per heavy atom. The number of ether oxygens (including phenoxy) is 1. The maximum atomic E-state index is 13.2. The number of hydrogen-bond acceptors (Lipinski definition) is 3. The fourth-order valence-corrected chi connectivity index (χ4v) is 3.79. The molecule has 1 heterocycles. The summed E-state index contributed by atoms with van der Waals surface area (Å²) in [5.74, 6) is 0.443. The molecular formula is C24H31FN2O2. The van der Waals surface area contributed by atoms with Crippen molar-refractivity contribution in [2.75, 3.05) is 37.7 Å². The van der Waals surface area contributed by atoms with Gasteiger partial charge in [-0.2, -0.15) is 0 Å².